The lowest BCUT2D eigenvalue weighted by Crippen LogP contribution is -2.41. The van der Waals surface area contributed by atoms with Crippen LogP contribution in [0.3, 0.4) is 0 Å². The minimum absolute atomic E-state index is 0.0277. The molecule has 19 heavy (non-hydrogen) atoms. The van der Waals surface area contributed by atoms with E-state index in [1.165, 1.54) is 0 Å². The first-order valence-electron chi connectivity index (χ1n) is 6.28. The van der Waals surface area contributed by atoms with Gasteiger partial charge < -0.3 is 19.7 Å². The maximum absolute atomic E-state index is 10.7. The van der Waals surface area contributed by atoms with E-state index in [-0.39, 0.29) is 6.42 Å². The maximum Gasteiger partial charge on any atom is 0.267 e. The van der Waals surface area contributed by atoms with Crippen LogP contribution in [0.1, 0.15) is 33.1 Å². The third-order valence-electron chi connectivity index (χ3n) is 2.53. The lowest BCUT2D eigenvalue weighted by Gasteiger charge is -2.25. The van der Waals surface area contributed by atoms with Crippen molar-refractivity contribution in [2.75, 3.05) is 25.6 Å². The highest BCUT2D eigenvalue weighted by Gasteiger charge is 2.31. The summed E-state index contributed by atoms with van der Waals surface area (Å²) >= 11 is 0. The Morgan fingerprint density at radius 3 is 2.11 bits per heavy atom. The zero-order chi connectivity index (χ0) is 14.9. The molecule has 0 aromatic rings. The Labute approximate surface area is 114 Å². The highest BCUT2D eigenvalue weighted by atomic mass is 32.2. The molecule has 3 N–H and O–H groups in total. The molecule has 0 rings (SSSR count). The Hall–Kier alpha value is -0.250. The summed E-state index contributed by atoms with van der Waals surface area (Å²) in [4.78, 5) is 0. The van der Waals surface area contributed by atoms with Crippen molar-refractivity contribution < 1.29 is 32.7 Å². The molecule has 0 heterocycles. The number of ether oxygens (including phenoxy) is 2. The number of hydrogen-bond acceptors (Lipinski definition) is 6. The first-order chi connectivity index (χ1) is 8.76. The van der Waals surface area contributed by atoms with Gasteiger partial charge in [-0.1, -0.05) is 0 Å². The molecular weight excluding hydrogens is 276 g/mol. The van der Waals surface area contributed by atoms with E-state index in [2.05, 4.69) is 0 Å². The minimum atomic E-state index is -4.34. The van der Waals surface area contributed by atoms with Crippen molar-refractivity contribution in [3.05, 3.63) is 0 Å². The van der Waals surface area contributed by atoms with E-state index in [9.17, 15) is 13.5 Å². The van der Waals surface area contributed by atoms with Gasteiger partial charge in [0, 0.05) is 13.2 Å². The third kappa shape index (κ3) is 9.31. The predicted octanol–water partition coefficient (Wildman–Crippen LogP) is 0.167. The standard InChI is InChI=1S/C11H24O7S/c1-3-17-10(18-4-2)6-5-7-11(13,8-12)9-19(14,15)16/h10,12-13H,3-9H2,1-2H3,(H,14,15,16). The number of hydrogen-bond donors (Lipinski definition) is 3. The van der Waals surface area contributed by atoms with E-state index in [0.717, 1.165) is 0 Å². The highest BCUT2D eigenvalue weighted by molar-refractivity contribution is 7.85. The van der Waals surface area contributed by atoms with Crippen LogP contribution in [0.4, 0.5) is 0 Å². The Morgan fingerprint density at radius 2 is 1.74 bits per heavy atom. The van der Waals surface area contributed by atoms with Crippen molar-refractivity contribution in [3.8, 4) is 0 Å². The first kappa shape index (κ1) is 18.8. The summed E-state index contributed by atoms with van der Waals surface area (Å²) in [6.07, 6.45) is 0.482. The fourth-order valence-electron chi connectivity index (χ4n) is 1.72. The molecule has 0 aromatic heterocycles. The average Bonchev–Trinajstić information content (AvgIpc) is 2.27. The Kier molecular flexibility index (Phi) is 8.71. The highest BCUT2D eigenvalue weighted by Crippen LogP contribution is 2.18. The molecule has 0 spiro atoms. The van der Waals surface area contributed by atoms with Gasteiger partial charge in [-0.15, -0.1) is 0 Å². The first-order valence-corrected chi connectivity index (χ1v) is 7.89. The molecule has 0 amide bonds. The predicted molar refractivity (Wildman–Crippen MR) is 69.3 cm³/mol. The lowest BCUT2D eigenvalue weighted by atomic mass is 10.00. The zero-order valence-electron chi connectivity index (χ0n) is 11.4. The third-order valence-corrected chi connectivity index (χ3v) is 3.43. The largest absolute Gasteiger partial charge is 0.393 e. The van der Waals surface area contributed by atoms with Crippen molar-refractivity contribution in [3.63, 3.8) is 0 Å². The van der Waals surface area contributed by atoms with Gasteiger partial charge in [-0.3, -0.25) is 4.55 Å². The zero-order valence-corrected chi connectivity index (χ0v) is 12.2. The Bertz CT molecular complexity index is 324. The average molecular weight is 300 g/mol. The van der Waals surface area contributed by atoms with E-state index in [1.54, 1.807) is 0 Å². The van der Waals surface area contributed by atoms with Crippen LogP contribution in [0, 0.1) is 0 Å². The SMILES string of the molecule is CCOC(CCCC(O)(CO)CS(=O)(=O)O)OCC. The Morgan fingerprint density at radius 1 is 1.21 bits per heavy atom. The van der Waals surface area contributed by atoms with Crippen LogP contribution in [0.5, 0.6) is 0 Å². The van der Waals surface area contributed by atoms with E-state index in [4.69, 9.17) is 19.1 Å². The molecule has 0 saturated carbocycles. The number of aliphatic hydroxyl groups excluding tert-OH is 1. The van der Waals surface area contributed by atoms with Crippen molar-refractivity contribution in [2.45, 2.75) is 45.0 Å². The molecule has 0 saturated heterocycles. The molecule has 0 aliphatic rings. The van der Waals surface area contributed by atoms with Gasteiger partial charge in [-0.05, 0) is 33.1 Å². The van der Waals surface area contributed by atoms with E-state index in [0.29, 0.717) is 26.1 Å². The van der Waals surface area contributed by atoms with E-state index in [1.807, 2.05) is 13.8 Å². The van der Waals surface area contributed by atoms with Gasteiger partial charge in [0.15, 0.2) is 6.29 Å². The van der Waals surface area contributed by atoms with Crippen LogP contribution in [0.2, 0.25) is 0 Å². The van der Waals surface area contributed by atoms with Crippen LogP contribution in [0.15, 0.2) is 0 Å². The van der Waals surface area contributed by atoms with Gasteiger partial charge in [0.25, 0.3) is 10.1 Å². The molecule has 0 bridgehead atoms. The fourth-order valence-corrected chi connectivity index (χ4v) is 2.64. The van der Waals surface area contributed by atoms with Crippen LogP contribution in [-0.4, -0.2) is 60.6 Å². The monoisotopic (exact) mass is 300 g/mol. The quantitative estimate of drug-likeness (QED) is 0.368. The minimum Gasteiger partial charge on any atom is -0.393 e. The van der Waals surface area contributed by atoms with E-state index < -0.39 is 34.4 Å². The summed E-state index contributed by atoms with van der Waals surface area (Å²) in [6.45, 7) is 3.89. The molecule has 1 atom stereocenters. The smallest absolute Gasteiger partial charge is 0.267 e. The second-order valence-electron chi connectivity index (χ2n) is 4.34. The van der Waals surface area contributed by atoms with Gasteiger partial charge in [0.2, 0.25) is 0 Å². The van der Waals surface area contributed by atoms with Crippen LogP contribution < -0.4 is 0 Å². The molecule has 0 aliphatic carbocycles. The van der Waals surface area contributed by atoms with Crippen molar-refractivity contribution in [2.24, 2.45) is 0 Å². The van der Waals surface area contributed by atoms with Gasteiger partial charge in [0.05, 0.1) is 6.61 Å². The number of rotatable bonds is 11. The van der Waals surface area contributed by atoms with Gasteiger partial charge in [0.1, 0.15) is 11.4 Å². The fraction of sp³-hybridized carbons (Fsp3) is 1.00. The van der Waals surface area contributed by atoms with Crippen LogP contribution >= 0.6 is 0 Å². The summed E-state index contributed by atoms with van der Waals surface area (Å²) in [5, 5.41) is 18.9. The second kappa shape index (κ2) is 8.83. The summed E-state index contributed by atoms with van der Waals surface area (Å²) < 4.78 is 40.8. The van der Waals surface area contributed by atoms with Gasteiger partial charge in [-0.2, -0.15) is 8.42 Å². The summed E-state index contributed by atoms with van der Waals surface area (Å²) in [5.74, 6) is -0.884. The summed E-state index contributed by atoms with van der Waals surface area (Å²) in [6, 6.07) is 0. The molecule has 8 heteroatoms. The molecule has 0 fully saturated rings. The summed E-state index contributed by atoms with van der Waals surface area (Å²) in [7, 11) is -4.34. The van der Waals surface area contributed by atoms with Crippen LogP contribution in [-0.2, 0) is 19.6 Å². The molecule has 7 nitrogen and oxygen atoms in total. The molecule has 0 aromatic carbocycles. The van der Waals surface area contributed by atoms with Crippen molar-refractivity contribution in [1.82, 2.24) is 0 Å². The molecule has 116 valence electrons. The number of aliphatic hydroxyl groups is 2. The van der Waals surface area contributed by atoms with Crippen molar-refractivity contribution in [1.29, 1.82) is 0 Å². The molecule has 0 radical (unpaired) electrons. The van der Waals surface area contributed by atoms with E-state index >= 15 is 0 Å². The molecule has 0 aliphatic heterocycles. The molecular formula is C11H24O7S. The second-order valence-corrected chi connectivity index (χ2v) is 5.79. The Balaban J connectivity index is 4.26. The van der Waals surface area contributed by atoms with Crippen LogP contribution in [0.25, 0.3) is 0 Å². The lowest BCUT2D eigenvalue weighted by molar-refractivity contribution is -0.142. The topological polar surface area (TPSA) is 113 Å². The molecule has 1 unspecified atom stereocenters. The van der Waals surface area contributed by atoms with Gasteiger partial charge >= 0.3 is 0 Å². The van der Waals surface area contributed by atoms with Crippen molar-refractivity contribution >= 4 is 10.1 Å². The van der Waals surface area contributed by atoms with Gasteiger partial charge in [-0.25, -0.2) is 0 Å². The maximum atomic E-state index is 10.7. The summed E-state index contributed by atoms with van der Waals surface area (Å²) in [5.41, 5.74) is -1.84. The normalized spacial score (nSPS) is 15.7.